The second-order valence-corrected chi connectivity index (χ2v) is 4.20. The van der Waals surface area contributed by atoms with Gasteiger partial charge in [0.25, 0.3) is 0 Å². The van der Waals surface area contributed by atoms with Gasteiger partial charge in [-0.05, 0) is 51.0 Å². The van der Waals surface area contributed by atoms with E-state index in [1.165, 1.54) is 11.1 Å². The number of pyridine rings is 1. The van der Waals surface area contributed by atoms with Crippen LogP contribution in [0.4, 0.5) is 0 Å². The Balaban J connectivity index is 0. The second kappa shape index (κ2) is 13.2. The van der Waals surface area contributed by atoms with Crippen molar-refractivity contribution in [2.45, 2.75) is 55.4 Å². The first-order valence-electron chi connectivity index (χ1n) is 7.65. The van der Waals surface area contributed by atoms with Crippen molar-refractivity contribution in [3.8, 4) is 5.75 Å². The fraction of sp³-hybridized carbons (Fsp3) is 0.421. The summed E-state index contributed by atoms with van der Waals surface area (Å²) >= 11 is 0. The van der Waals surface area contributed by atoms with Crippen molar-refractivity contribution in [1.29, 1.82) is 0 Å². The molecule has 2 rings (SSSR count). The van der Waals surface area contributed by atoms with E-state index in [9.17, 15) is 0 Å². The van der Waals surface area contributed by atoms with Gasteiger partial charge in [-0.25, -0.2) is 0 Å². The molecule has 0 bridgehead atoms. The number of rotatable bonds is 0. The minimum Gasteiger partial charge on any atom is -0.508 e. The Kier molecular flexibility index (Phi) is 13.5. The summed E-state index contributed by atoms with van der Waals surface area (Å²) in [6, 6.07) is 9.56. The average molecular weight is 289 g/mol. The Bertz CT molecular complexity index is 472. The molecule has 0 aliphatic carbocycles. The molecule has 21 heavy (non-hydrogen) atoms. The Labute approximate surface area is 130 Å². The number of phenols is 1. The lowest BCUT2D eigenvalue weighted by Gasteiger charge is -1.97. The van der Waals surface area contributed by atoms with Crippen LogP contribution >= 0.6 is 0 Å². The Morgan fingerprint density at radius 2 is 1.38 bits per heavy atom. The van der Waals surface area contributed by atoms with E-state index < -0.39 is 0 Å². The molecule has 1 aromatic heterocycles. The minimum absolute atomic E-state index is 0.376. The third-order valence-corrected chi connectivity index (χ3v) is 2.62. The monoisotopic (exact) mass is 289 g/mol. The van der Waals surface area contributed by atoms with Gasteiger partial charge in [0.05, 0.1) is 0 Å². The van der Waals surface area contributed by atoms with Gasteiger partial charge in [0.15, 0.2) is 0 Å². The highest BCUT2D eigenvalue weighted by atomic mass is 16.3. The number of nitrogens with zero attached hydrogens (tertiary/aromatic N) is 1. The van der Waals surface area contributed by atoms with Crippen LogP contribution in [0.3, 0.4) is 0 Å². The normalized spacial score (nSPS) is 8.19. The van der Waals surface area contributed by atoms with Crippen LogP contribution < -0.4 is 0 Å². The van der Waals surface area contributed by atoms with Crippen LogP contribution in [-0.2, 0) is 0 Å². The lowest BCUT2D eigenvalue weighted by Crippen LogP contribution is -1.81. The van der Waals surface area contributed by atoms with Gasteiger partial charge in [-0.2, -0.15) is 0 Å². The molecule has 0 spiro atoms. The molecule has 2 heteroatoms. The Morgan fingerprint density at radius 3 is 1.71 bits per heavy atom. The predicted octanol–water partition coefficient (Wildman–Crippen LogP) is 5.76. The lowest BCUT2D eigenvalue weighted by atomic mass is 10.1. The minimum atomic E-state index is 0.376. The maximum absolute atomic E-state index is 9.04. The molecule has 0 saturated heterocycles. The summed E-state index contributed by atoms with van der Waals surface area (Å²) in [7, 11) is 0. The van der Waals surface area contributed by atoms with Crippen LogP contribution in [0.1, 0.15) is 50.1 Å². The molecule has 0 radical (unpaired) electrons. The van der Waals surface area contributed by atoms with Crippen molar-refractivity contribution in [3.05, 3.63) is 58.9 Å². The van der Waals surface area contributed by atoms with Crippen LogP contribution in [0, 0.1) is 27.7 Å². The molecular formula is C19H31NO. The zero-order chi connectivity index (χ0) is 16.8. The molecule has 118 valence electrons. The largest absolute Gasteiger partial charge is 0.508 e. The van der Waals surface area contributed by atoms with Crippen LogP contribution in [0.5, 0.6) is 5.75 Å². The number of aryl methyl sites for hydroxylation is 4. The lowest BCUT2D eigenvalue weighted by molar-refractivity contribution is 0.471. The van der Waals surface area contributed by atoms with E-state index in [1.807, 2.05) is 72.9 Å². The third kappa shape index (κ3) is 9.67. The van der Waals surface area contributed by atoms with Gasteiger partial charge in [-0.15, -0.1) is 0 Å². The molecule has 0 amide bonds. The number of aromatic hydroxyl groups is 1. The summed E-state index contributed by atoms with van der Waals surface area (Å²) < 4.78 is 0. The number of hydrogen-bond acceptors (Lipinski definition) is 2. The highest BCUT2D eigenvalue weighted by molar-refractivity contribution is 5.34. The molecule has 2 nitrogen and oxygen atoms in total. The highest BCUT2D eigenvalue weighted by Gasteiger charge is 1.91. The van der Waals surface area contributed by atoms with E-state index in [0.29, 0.717) is 5.75 Å². The van der Waals surface area contributed by atoms with Crippen LogP contribution in [-0.4, -0.2) is 10.1 Å². The number of hydrogen-bond donors (Lipinski definition) is 1. The van der Waals surface area contributed by atoms with E-state index in [4.69, 9.17) is 5.11 Å². The summed E-state index contributed by atoms with van der Waals surface area (Å²) in [6.07, 6.45) is 1.81. The van der Waals surface area contributed by atoms with Gasteiger partial charge in [0.2, 0.25) is 0 Å². The fourth-order valence-electron chi connectivity index (χ4n) is 1.37. The first-order valence-corrected chi connectivity index (χ1v) is 7.65. The summed E-state index contributed by atoms with van der Waals surface area (Å²) in [5.74, 6) is 0.376. The van der Waals surface area contributed by atoms with Gasteiger partial charge < -0.3 is 5.11 Å². The molecule has 0 atom stereocenters. The standard InChI is InChI=1S/C8H10O.C7H9N.2C2H6/c1-6-3-4-8(9)7(2)5-6;1-6-4-3-5-8-7(6)2;2*1-2/h3-5,9H,1-2H3;3-5H,1-2H3;2*1-2H3. The molecule has 0 aliphatic rings. The summed E-state index contributed by atoms with van der Waals surface area (Å²) in [5.41, 5.74) is 4.50. The van der Waals surface area contributed by atoms with Gasteiger partial charge in [-0.3, -0.25) is 4.98 Å². The molecule has 1 heterocycles. The highest BCUT2D eigenvalue weighted by Crippen LogP contribution is 2.15. The van der Waals surface area contributed by atoms with Gasteiger partial charge in [-0.1, -0.05) is 51.5 Å². The van der Waals surface area contributed by atoms with Gasteiger partial charge in [0.1, 0.15) is 5.75 Å². The van der Waals surface area contributed by atoms with Crippen LogP contribution in [0.2, 0.25) is 0 Å². The first-order chi connectivity index (χ1) is 10.0. The zero-order valence-electron chi connectivity index (χ0n) is 14.9. The third-order valence-electron chi connectivity index (χ3n) is 2.62. The molecule has 1 aromatic carbocycles. The van der Waals surface area contributed by atoms with Gasteiger partial charge in [0, 0.05) is 11.9 Å². The van der Waals surface area contributed by atoms with E-state index in [2.05, 4.69) is 18.0 Å². The Morgan fingerprint density at radius 1 is 0.810 bits per heavy atom. The van der Waals surface area contributed by atoms with Crippen molar-refractivity contribution in [2.24, 2.45) is 0 Å². The fourth-order valence-corrected chi connectivity index (χ4v) is 1.37. The zero-order valence-corrected chi connectivity index (χ0v) is 14.9. The maximum atomic E-state index is 9.04. The van der Waals surface area contributed by atoms with E-state index in [0.717, 1.165) is 11.3 Å². The number of benzene rings is 1. The summed E-state index contributed by atoms with van der Waals surface area (Å²) in [4.78, 5) is 4.08. The molecule has 0 fully saturated rings. The topological polar surface area (TPSA) is 33.1 Å². The van der Waals surface area contributed by atoms with Crippen LogP contribution in [0.25, 0.3) is 0 Å². The van der Waals surface area contributed by atoms with Crippen molar-refractivity contribution >= 4 is 0 Å². The van der Waals surface area contributed by atoms with Crippen molar-refractivity contribution < 1.29 is 5.11 Å². The van der Waals surface area contributed by atoms with E-state index in [-0.39, 0.29) is 0 Å². The quantitative estimate of drug-likeness (QED) is 0.669. The van der Waals surface area contributed by atoms with E-state index >= 15 is 0 Å². The molecular weight excluding hydrogens is 258 g/mol. The molecule has 1 N–H and O–H groups in total. The van der Waals surface area contributed by atoms with Crippen LogP contribution in [0.15, 0.2) is 36.5 Å². The number of aromatic nitrogens is 1. The SMILES string of the molecule is CC.CC.Cc1ccc(O)c(C)c1.Cc1cccnc1C. The number of phenolic OH excluding ortho intramolecular Hbond substituents is 1. The molecule has 0 aliphatic heterocycles. The second-order valence-electron chi connectivity index (χ2n) is 4.20. The average Bonchev–Trinajstić information content (AvgIpc) is 2.51. The summed E-state index contributed by atoms with van der Waals surface area (Å²) in [6.45, 7) is 16.0. The smallest absolute Gasteiger partial charge is 0.118 e. The molecule has 0 saturated carbocycles. The Hall–Kier alpha value is -1.83. The van der Waals surface area contributed by atoms with Crippen molar-refractivity contribution in [1.82, 2.24) is 4.98 Å². The summed E-state index contributed by atoms with van der Waals surface area (Å²) in [5, 5.41) is 9.04. The molecule has 2 aromatic rings. The predicted molar refractivity (Wildman–Crippen MR) is 94.0 cm³/mol. The van der Waals surface area contributed by atoms with E-state index in [1.54, 1.807) is 6.07 Å². The molecule has 0 unspecified atom stereocenters. The first kappa shape index (κ1) is 21.5. The van der Waals surface area contributed by atoms with Crippen molar-refractivity contribution in [2.75, 3.05) is 0 Å². The maximum Gasteiger partial charge on any atom is 0.118 e. The van der Waals surface area contributed by atoms with Crippen molar-refractivity contribution in [3.63, 3.8) is 0 Å². The van der Waals surface area contributed by atoms with Gasteiger partial charge >= 0.3 is 0 Å².